The molecule has 0 saturated heterocycles. The maximum absolute atomic E-state index is 11.1. The molecule has 0 aromatic rings. The van der Waals surface area contributed by atoms with E-state index in [-0.39, 0.29) is 11.3 Å². The third-order valence-electron chi connectivity index (χ3n) is 3.19. The van der Waals surface area contributed by atoms with E-state index in [1.54, 1.807) is 7.11 Å². The summed E-state index contributed by atoms with van der Waals surface area (Å²) in [6.45, 7) is 4.90. The summed E-state index contributed by atoms with van der Waals surface area (Å²) in [7, 11) is 1.73. The molecule has 0 aromatic heterocycles. The first-order valence-corrected chi connectivity index (χ1v) is 5.62. The zero-order chi connectivity index (χ0) is 11.1. The van der Waals surface area contributed by atoms with Crippen molar-refractivity contribution in [1.82, 2.24) is 5.32 Å². The molecule has 0 unspecified atom stereocenters. The minimum absolute atomic E-state index is 0.0870. The van der Waals surface area contributed by atoms with Crippen LogP contribution < -0.4 is 5.32 Å². The molecule has 86 valence electrons. The lowest BCUT2D eigenvalue weighted by atomic mass is 9.74. The molecule has 3 heteroatoms. The Morgan fingerprint density at radius 1 is 1.47 bits per heavy atom. The van der Waals surface area contributed by atoms with Crippen LogP contribution in [0.5, 0.6) is 0 Å². The van der Waals surface area contributed by atoms with Crippen molar-refractivity contribution in [1.29, 1.82) is 0 Å². The molecule has 1 rings (SSSR count). The first kappa shape index (κ1) is 12.2. The number of carbonyl (C=O) groups is 1. The average molecular weight is 211 g/mol. The summed E-state index contributed by atoms with van der Waals surface area (Å²) in [6.07, 6.45) is 7.42. The van der Waals surface area contributed by atoms with E-state index in [2.05, 4.69) is 11.9 Å². The minimum Gasteiger partial charge on any atom is -0.384 e. The van der Waals surface area contributed by atoms with Gasteiger partial charge in [-0.3, -0.25) is 4.79 Å². The Bertz CT molecular complexity index is 214. The van der Waals surface area contributed by atoms with E-state index >= 15 is 0 Å². The fourth-order valence-electron chi connectivity index (χ4n) is 2.33. The minimum atomic E-state index is -0.0870. The van der Waals surface area contributed by atoms with Gasteiger partial charge in [0.2, 0.25) is 5.91 Å². The van der Waals surface area contributed by atoms with Gasteiger partial charge in [-0.15, -0.1) is 0 Å². The van der Waals surface area contributed by atoms with Gasteiger partial charge in [0.05, 0.1) is 6.61 Å². The molecule has 1 aliphatic rings. The van der Waals surface area contributed by atoms with Crippen LogP contribution in [0.2, 0.25) is 0 Å². The van der Waals surface area contributed by atoms with Crippen LogP contribution in [0.1, 0.15) is 32.1 Å². The molecule has 0 bridgehead atoms. The molecule has 1 N–H and O–H groups in total. The highest BCUT2D eigenvalue weighted by Gasteiger charge is 2.32. The lowest BCUT2D eigenvalue weighted by molar-refractivity contribution is -0.117. The maximum atomic E-state index is 11.1. The number of hydrogen-bond donors (Lipinski definition) is 1. The molecule has 3 nitrogen and oxygen atoms in total. The van der Waals surface area contributed by atoms with Gasteiger partial charge in [0, 0.05) is 19.1 Å². The monoisotopic (exact) mass is 211 g/mol. The van der Waals surface area contributed by atoms with Gasteiger partial charge in [-0.1, -0.05) is 25.8 Å². The number of carbonyl (C=O) groups excluding carboxylic acids is 1. The highest BCUT2D eigenvalue weighted by molar-refractivity contribution is 5.86. The van der Waals surface area contributed by atoms with Gasteiger partial charge in [0.1, 0.15) is 0 Å². The van der Waals surface area contributed by atoms with E-state index in [0.717, 1.165) is 19.4 Å². The summed E-state index contributed by atoms with van der Waals surface area (Å²) in [5, 5.41) is 2.89. The van der Waals surface area contributed by atoms with E-state index in [1.165, 1.54) is 25.3 Å². The molecule has 15 heavy (non-hydrogen) atoms. The molecule has 1 fully saturated rings. The molecule has 0 heterocycles. The Hall–Kier alpha value is -0.830. The van der Waals surface area contributed by atoms with Crippen molar-refractivity contribution in [2.45, 2.75) is 32.1 Å². The van der Waals surface area contributed by atoms with Crippen LogP contribution in [-0.2, 0) is 9.53 Å². The highest BCUT2D eigenvalue weighted by Crippen LogP contribution is 2.35. The smallest absolute Gasteiger partial charge is 0.243 e. The summed E-state index contributed by atoms with van der Waals surface area (Å²) < 4.78 is 5.27. The molecule has 0 spiro atoms. The van der Waals surface area contributed by atoms with Crippen LogP contribution in [0.25, 0.3) is 0 Å². The normalized spacial score (nSPS) is 19.5. The molecule has 0 aliphatic heterocycles. The van der Waals surface area contributed by atoms with Crippen molar-refractivity contribution in [2.75, 3.05) is 20.3 Å². The van der Waals surface area contributed by atoms with E-state index in [0.29, 0.717) is 6.54 Å². The van der Waals surface area contributed by atoms with Crippen LogP contribution in [0.3, 0.4) is 0 Å². The van der Waals surface area contributed by atoms with E-state index in [1.807, 2.05) is 0 Å². The van der Waals surface area contributed by atoms with Gasteiger partial charge >= 0.3 is 0 Å². The van der Waals surface area contributed by atoms with Crippen LogP contribution in [0.15, 0.2) is 12.7 Å². The predicted molar refractivity (Wildman–Crippen MR) is 60.6 cm³/mol. The molecular weight excluding hydrogens is 190 g/mol. The molecule has 0 aromatic carbocycles. The summed E-state index contributed by atoms with van der Waals surface area (Å²) in [5.41, 5.74) is 0.158. The second kappa shape index (κ2) is 5.91. The van der Waals surface area contributed by atoms with Gasteiger partial charge in [-0.05, 0) is 18.9 Å². The molecule has 0 radical (unpaired) electrons. The molecule has 1 aliphatic carbocycles. The first-order chi connectivity index (χ1) is 7.22. The third kappa shape index (κ3) is 3.67. The number of hydrogen-bond acceptors (Lipinski definition) is 2. The highest BCUT2D eigenvalue weighted by atomic mass is 16.5. The SMILES string of the molecule is C=CC(=O)NCC1(COC)CCCCC1. The van der Waals surface area contributed by atoms with E-state index < -0.39 is 0 Å². The topological polar surface area (TPSA) is 38.3 Å². The number of rotatable bonds is 5. The van der Waals surface area contributed by atoms with Gasteiger partial charge in [0.25, 0.3) is 0 Å². The Morgan fingerprint density at radius 3 is 2.67 bits per heavy atom. The summed E-state index contributed by atoms with van der Waals surface area (Å²) in [5.74, 6) is -0.0870. The standard InChI is InChI=1S/C12H21NO2/c1-3-11(14)13-9-12(10-15-2)7-5-4-6-8-12/h3H,1,4-10H2,2H3,(H,13,14). The van der Waals surface area contributed by atoms with Crippen LogP contribution in [0.4, 0.5) is 0 Å². The van der Waals surface area contributed by atoms with Crippen molar-refractivity contribution in [3.63, 3.8) is 0 Å². The summed E-state index contributed by atoms with van der Waals surface area (Å²) >= 11 is 0. The summed E-state index contributed by atoms with van der Waals surface area (Å²) in [4.78, 5) is 11.1. The van der Waals surface area contributed by atoms with E-state index in [4.69, 9.17) is 4.74 Å². The largest absolute Gasteiger partial charge is 0.384 e. The molecule has 1 amide bonds. The van der Waals surface area contributed by atoms with Gasteiger partial charge < -0.3 is 10.1 Å². The number of ether oxygens (including phenoxy) is 1. The fourth-order valence-corrected chi connectivity index (χ4v) is 2.33. The zero-order valence-electron chi connectivity index (χ0n) is 9.55. The molecule has 1 saturated carbocycles. The Labute approximate surface area is 91.9 Å². The van der Waals surface area contributed by atoms with Gasteiger partial charge in [0.15, 0.2) is 0 Å². The van der Waals surface area contributed by atoms with Gasteiger partial charge in [-0.25, -0.2) is 0 Å². The Balaban J connectivity index is 2.48. The quantitative estimate of drug-likeness (QED) is 0.705. The predicted octanol–water partition coefficient (Wildman–Crippen LogP) is 1.89. The second-order valence-electron chi connectivity index (χ2n) is 4.42. The number of nitrogens with one attached hydrogen (secondary N) is 1. The fraction of sp³-hybridized carbons (Fsp3) is 0.750. The van der Waals surface area contributed by atoms with Crippen molar-refractivity contribution in [3.8, 4) is 0 Å². The zero-order valence-corrected chi connectivity index (χ0v) is 9.55. The lowest BCUT2D eigenvalue weighted by Gasteiger charge is -2.36. The van der Waals surface area contributed by atoms with Crippen molar-refractivity contribution in [2.24, 2.45) is 5.41 Å². The van der Waals surface area contributed by atoms with Crippen LogP contribution in [0, 0.1) is 5.41 Å². The Morgan fingerprint density at radius 2 is 2.13 bits per heavy atom. The van der Waals surface area contributed by atoms with Crippen LogP contribution >= 0.6 is 0 Å². The van der Waals surface area contributed by atoms with Gasteiger partial charge in [-0.2, -0.15) is 0 Å². The maximum Gasteiger partial charge on any atom is 0.243 e. The second-order valence-corrected chi connectivity index (χ2v) is 4.42. The van der Waals surface area contributed by atoms with Crippen molar-refractivity contribution < 1.29 is 9.53 Å². The molecular formula is C12H21NO2. The first-order valence-electron chi connectivity index (χ1n) is 5.62. The van der Waals surface area contributed by atoms with E-state index in [9.17, 15) is 4.79 Å². The van der Waals surface area contributed by atoms with Crippen molar-refractivity contribution >= 4 is 5.91 Å². The number of methoxy groups -OCH3 is 1. The average Bonchev–Trinajstić information content (AvgIpc) is 2.28. The lowest BCUT2D eigenvalue weighted by Crippen LogP contribution is -2.41. The van der Waals surface area contributed by atoms with Crippen LogP contribution in [-0.4, -0.2) is 26.2 Å². The number of amides is 1. The summed E-state index contributed by atoms with van der Waals surface area (Å²) in [6, 6.07) is 0. The van der Waals surface area contributed by atoms with Crippen molar-refractivity contribution in [3.05, 3.63) is 12.7 Å². The third-order valence-corrected chi connectivity index (χ3v) is 3.19. The Kier molecular flexibility index (Phi) is 4.82. The molecule has 0 atom stereocenters.